The maximum absolute atomic E-state index is 12.7. The predicted octanol–water partition coefficient (Wildman–Crippen LogP) is 0.814. The number of halogens is 1. The quantitative estimate of drug-likeness (QED) is 0.745. The summed E-state index contributed by atoms with van der Waals surface area (Å²) in [6.45, 7) is 1.62. The molecule has 6 heteroatoms. The van der Waals surface area contributed by atoms with Gasteiger partial charge in [-0.05, 0) is 18.6 Å². The molecule has 1 atom stereocenters. The molecule has 1 aromatic heterocycles. The molecule has 0 aliphatic carbocycles. The SMILES string of the molecule is CC[C@@H](NC(=O)c1cccc(F)n1)C(=O)O. The second-order valence-electron chi connectivity index (χ2n) is 3.12. The van der Waals surface area contributed by atoms with Gasteiger partial charge < -0.3 is 10.4 Å². The van der Waals surface area contributed by atoms with Gasteiger partial charge in [0, 0.05) is 0 Å². The van der Waals surface area contributed by atoms with Crippen molar-refractivity contribution >= 4 is 11.9 Å². The van der Waals surface area contributed by atoms with Crippen molar-refractivity contribution in [3.63, 3.8) is 0 Å². The van der Waals surface area contributed by atoms with Crippen molar-refractivity contribution in [1.29, 1.82) is 0 Å². The van der Waals surface area contributed by atoms with E-state index >= 15 is 0 Å². The van der Waals surface area contributed by atoms with Gasteiger partial charge in [0.15, 0.2) is 0 Å². The highest BCUT2D eigenvalue weighted by molar-refractivity contribution is 5.94. The van der Waals surface area contributed by atoms with Crippen LogP contribution in [-0.4, -0.2) is 28.0 Å². The van der Waals surface area contributed by atoms with Crippen LogP contribution in [0.25, 0.3) is 0 Å². The maximum atomic E-state index is 12.7. The van der Waals surface area contributed by atoms with Crippen LogP contribution in [0.2, 0.25) is 0 Å². The van der Waals surface area contributed by atoms with Crippen LogP contribution in [0.4, 0.5) is 4.39 Å². The van der Waals surface area contributed by atoms with Crippen LogP contribution in [0.3, 0.4) is 0 Å². The first-order chi connectivity index (χ1) is 7.54. The van der Waals surface area contributed by atoms with Crippen LogP contribution < -0.4 is 5.32 Å². The Kier molecular flexibility index (Phi) is 3.93. The average molecular weight is 226 g/mol. The van der Waals surface area contributed by atoms with Crippen LogP contribution >= 0.6 is 0 Å². The Morgan fingerprint density at radius 1 is 1.56 bits per heavy atom. The van der Waals surface area contributed by atoms with Crippen molar-refractivity contribution < 1.29 is 19.1 Å². The van der Waals surface area contributed by atoms with Gasteiger partial charge in [-0.2, -0.15) is 4.39 Å². The van der Waals surface area contributed by atoms with Crippen molar-refractivity contribution in [3.8, 4) is 0 Å². The van der Waals surface area contributed by atoms with E-state index in [1.807, 2.05) is 0 Å². The molecule has 0 aliphatic rings. The number of aliphatic carboxylic acids is 1. The number of carbonyl (C=O) groups excluding carboxylic acids is 1. The summed E-state index contributed by atoms with van der Waals surface area (Å²) in [4.78, 5) is 25.5. The molecule has 0 aromatic carbocycles. The lowest BCUT2D eigenvalue weighted by atomic mass is 10.2. The van der Waals surface area contributed by atoms with E-state index < -0.39 is 23.9 Å². The third-order valence-corrected chi connectivity index (χ3v) is 1.96. The minimum Gasteiger partial charge on any atom is -0.480 e. The van der Waals surface area contributed by atoms with Crippen molar-refractivity contribution in [2.45, 2.75) is 19.4 Å². The first-order valence-corrected chi connectivity index (χ1v) is 4.70. The van der Waals surface area contributed by atoms with Gasteiger partial charge in [-0.1, -0.05) is 13.0 Å². The summed E-state index contributed by atoms with van der Waals surface area (Å²) in [5.41, 5.74) is -0.139. The molecule has 0 saturated carbocycles. The molecule has 0 aliphatic heterocycles. The lowest BCUT2D eigenvalue weighted by Gasteiger charge is -2.11. The number of pyridine rings is 1. The zero-order valence-corrected chi connectivity index (χ0v) is 8.61. The molecular formula is C10H11FN2O3. The van der Waals surface area contributed by atoms with Gasteiger partial charge in [-0.25, -0.2) is 9.78 Å². The fourth-order valence-electron chi connectivity index (χ4n) is 1.11. The molecule has 16 heavy (non-hydrogen) atoms. The van der Waals surface area contributed by atoms with E-state index in [2.05, 4.69) is 10.3 Å². The molecule has 2 N–H and O–H groups in total. The summed E-state index contributed by atoms with van der Waals surface area (Å²) in [5.74, 6) is -2.61. The second kappa shape index (κ2) is 5.20. The van der Waals surface area contributed by atoms with Gasteiger partial charge in [-0.3, -0.25) is 4.79 Å². The number of nitrogens with one attached hydrogen (secondary N) is 1. The lowest BCUT2D eigenvalue weighted by molar-refractivity contribution is -0.139. The molecule has 0 unspecified atom stereocenters. The van der Waals surface area contributed by atoms with Crippen LogP contribution in [0.15, 0.2) is 18.2 Å². The molecule has 0 fully saturated rings. The molecule has 0 radical (unpaired) electrons. The summed E-state index contributed by atoms with van der Waals surface area (Å²) in [6.07, 6.45) is 0.246. The Bertz CT molecular complexity index is 409. The summed E-state index contributed by atoms with van der Waals surface area (Å²) in [7, 11) is 0. The third kappa shape index (κ3) is 3.01. The fourth-order valence-corrected chi connectivity index (χ4v) is 1.11. The van der Waals surface area contributed by atoms with Gasteiger partial charge in [-0.15, -0.1) is 0 Å². The minimum absolute atomic E-state index is 0.139. The lowest BCUT2D eigenvalue weighted by Crippen LogP contribution is -2.40. The smallest absolute Gasteiger partial charge is 0.326 e. The number of rotatable bonds is 4. The highest BCUT2D eigenvalue weighted by Gasteiger charge is 2.19. The Morgan fingerprint density at radius 3 is 2.75 bits per heavy atom. The summed E-state index contributed by atoms with van der Waals surface area (Å²) in [6, 6.07) is 2.76. The molecule has 0 bridgehead atoms. The fraction of sp³-hybridized carbons (Fsp3) is 0.300. The van der Waals surface area contributed by atoms with Crippen molar-refractivity contribution in [2.24, 2.45) is 0 Å². The highest BCUT2D eigenvalue weighted by atomic mass is 19.1. The minimum atomic E-state index is -1.13. The largest absolute Gasteiger partial charge is 0.480 e. The zero-order chi connectivity index (χ0) is 12.1. The topological polar surface area (TPSA) is 79.3 Å². The van der Waals surface area contributed by atoms with Gasteiger partial charge in [0.05, 0.1) is 0 Å². The van der Waals surface area contributed by atoms with E-state index in [1.54, 1.807) is 6.92 Å². The molecule has 1 amide bonds. The molecular weight excluding hydrogens is 215 g/mol. The van der Waals surface area contributed by atoms with E-state index in [0.717, 1.165) is 6.07 Å². The number of amides is 1. The van der Waals surface area contributed by atoms with E-state index in [0.29, 0.717) is 0 Å². The molecule has 1 heterocycles. The van der Waals surface area contributed by atoms with Gasteiger partial charge >= 0.3 is 5.97 Å². The van der Waals surface area contributed by atoms with E-state index in [-0.39, 0.29) is 12.1 Å². The van der Waals surface area contributed by atoms with Crippen LogP contribution in [-0.2, 0) is 4.79 Å². The number of hydrogen-bond donors (Lipinski definition) is 2. The Hall–Kier alpha value is -1.98. The number of nitrogens with zero attached hydrogens (tertiary/aromatic N) is 1. The van der Waals surface area contributed by atoms with E-state index in [9.17, 15) is 14.0 Å². The molecule has 86 valence electrons. The van der Waals surface area contributed by atoms with Crippen molar-refractivity contribution in [1.82, 2.24) is 10.3 Å². The molecule has 0 saturated heterocycles. The Morgan fingerprint density at radius 2 is 2.25 bits per heavy atom. The highest BCUT2D eigenvalue weighted by Crippen LogP contribution is 1.99. The first kappa shape index (κ1) is 12.1. The molecule has 0 spiro atoms. The number of carboxylic acids is 1. The summed E-state index contributed by atoms with van der Waals surface area (Å²) >= 11 is 0. The van der Waals surface area contributed by atoms with Gasteiger partial charge in [0.1, 0.15) is 11.7 Å². The number of aromatic nitrogens is 1. The predicted molar refractivity (Wildman–Crippen MR) is 53.4 cm³/mol. The van der Waals surface area contributed by atoms with Crippen molar-refractivity contribution in [3.05, 3.63) is 29.8 Å². The first-order valence-electron chi connectivity index (χ1n) is 4.70. The van der Waals surface area contributed by atoms with Crippen molar-refractivity contribution in [2.75, 3.05) is 0 Å². The summed E-state index contributed by atoms with van der Waals surface area (Å²) in [5, 5.41) is 11.0. The normalized spacial score (nSPS) is 11.9. The zero-order valence-electron chi connectivity index (χ0n) is 8.61. The number of carboxylic acid groups (broad SMARTS) is 1. The van der Waals surface area contributed by atoms with E-state index in [4.69, 9.17) is 5.11 Å². The standard InChI is InChI=1S/C10H11FN2O3/c1-2-6(10(15)16)13-9(14)7-4-3-5-8(11)12-7/h3-6H,2H2,1H3,(H,13,14)(H,15,16)/t6-/m1/s1. The molecule has 1 aromatic rings. The molecule has 5 nitrogen and oxygen atoms in total. The number of carbonyl (C=O) groups is 2. The van der Waals surface area contributed by atoms with E-state index in [1.165, 1.54) is 12.1 Å². The van der Waals surface area contributed by atoms with Gasteiger partial charge in [0.2, 0.25) is 5.95 Å². The summed E-state index contributed by atoms with van der Waals surface area (Å²) < 4.78 is 12.7. The Balaban J connectivity index is 2.75. The van der Waals surface area contributed by atoms with Gasteiger partial charge in [0.25, 0.3) is 5.91 Å². The van der Waals surface area contributed by atoms with Crippen LogP contribution in [0.5, 0.6) is 0 Å². The maximum Gasteiger partial charge on any atom is 0.326 e. The Labute approximate surface area is 91.3 Å². The molecule has 1 rings (SSSR count). The monoisotopic (exact) mass is 226 g/mol. The second-order valence-corrected chi connectivity index (χ2v) is 3.12. The third-order valence-electron chi connectivity index (χ3n) is 1.96. The average Bonchev–Trinajstić information content (AvgIpc) is 2.25. The van der Waals surface area contributed by atoms with Crippen LogP contribution in [0, 0.1) is 5.95 Å². The van der Waals surface area contributed by atoms with Crippen LogP contribution in [0.1, 0.15) is 23.8 Å². The number of hydrogen-bond acceptors (Lipinski definition) is 3.